The van der Waals surface area contributed by atoms with Gasteiger partial charge in [0, 0.05) is 9.92 Å². The molecule has 1 N–H and O–H groups in total. The van der Waals surface area contributed by atoms with Crippen molar-refractivity contribution in [3.05, 3.63) is 52.8 Å². The number of nitrogens with zero attached hydrogens (tertiary/aromatic N) is 3. The SMILES string of the molecule is CCC1=NN2C(=N)/C(=C/c3ccc(Sc4ccc(Cl)cc4)o3)C(=O)N=C2S1. The second kappa shape index (κ2) is 7.38. The Morgan fingerprint density at radius 2 is 2.07 bits per heavy atom. The summed E-state index contributed by atoms with van der Waals surface area (Å²) in [5.41, 5.74) is 0.151. The van der Waals surface area contributed by atoms with Crippen LogP contribution >= 0.6 is 35.1 Å². The quantitative estimate of drug-likeness (QED) is 0.700. The summed E-state index contributed by atoms with van der Waals surface area (Å²) in [6, 6.07) is 11.0. The predicted octanol–water partition coefficient (Wildman–Crippen LogP) is 5.11. The van der Waals surface area contributed by atoms with Gasteiger partial charge in [0.2, 0.25) is 5.17 Å². The molecular weight excluding hydrogens is 404 g/mol. The van der Waals surface area contributed by atoms with Crippen molar-refractivity contribution >= 4 is 63.2 Å². The molecule has 2 aliphatic rings. The van der Waals surface area contributed by atoms with Crippen LogP contribution in [0, 0.1) is 5.41 Å². The van der Waals surface area contributed by atoms with E-state index in [0.717, 1.165) is 16.4 Å². The average molecular weight is 417 g/mol. The van der Waals surface area contributed by atoms with Gasteiger partial charge in [-0.2, -0.15) is 15.1 Å². The van der Waals surface area contributed by atoms with E-state index in [4.69, 9.17) is 21.4 Å². The zero-order valence-corrected chi connectivity index (χ0v) is 16.5. The number of thioether (sulfide) groups is 1. The first-order chi connectivity index (χ1) is 13.0. The van der Waals surface area contributed by atoms with Gasteiger partial charge < -0.3 is 4.42 Å². The van der Waals surface area contributed by atoms with Crippen molar-refractivity contribution in [2.45, 2.75) is 23.3 Å². The molecule has 2 aliphatic heterocycles. The molecule has 0 bridgehead atoms. The minimum Gasteiger partial charge on any atom is -0.450 e. The first-order valence-corrected chi connectivity index (χ1v) is 10.1. The number of nitrogens with one attached hydrogen (secondary N) is 1. The number of rotatable bonds is 4. The van der Waals surface area contributed by atoms with Crippen molar-refractivity contribution in [2.24, 2.45) is 10.1 Å². The summed E-state index contributed by atoms with van der Waals surface area (Å²) in [7, 11) is 0. The van der Waals surface area contributed by atoms with Crippen LogP contribution in [-0.2, 0) is 4.79 Å². The summed E-state index contributed by atoms with van der Waals surface area (Å²) in [6.07, 6.45) is 2.26. The fourth-order valence-corrected chi connectivity index (χ4v) is 4.13. The van der Waals surface area contributed by atoms with Gasteiger partial charge in [0.05, 0.1) is 5.57 Å². The molecule has 0 atom stereocenters. The van der Waals surface area contributed by atoms with Gasteiger partial charge in [-0.15, -0.1) is 0 Å². The van der Waals surface area contributed by atoms with Gasteiger partial charge in [0.1, 0.15) is 10.8 Å². The molecule has 9 heteroatoms. The van der Waals surface area contributed by atoms with Gasteiger partial charge in [-0.3, -0.25) is 10.2 Å². The van der Waals surface area contributed by atoms with Crippen LogP contribution in [-0.4, -0.2) is 27.0 Å². The zero-order valence-electron chi connectivity index (χ0n) is 14.1. The van der Waals surface area contributed by atoms with E-state index in [2.05, 4.69) is 10.1 Å². The van der Waals surface area contributed by atoms with Gasteiger partial charge in [-0.05, 0) is 60.7 Å². The standard InChI is InChI=1S/C18H13ClN4O2S2/c1-2-14-22-23-16(20)13(17(24)21-18(23)27-14)9-11-5-8-15(25-11)26-12-6-3-10(19)4-7-12/h3-9,20H,2H2,1H3/b13-9-,20-16?. The van der Waals surface area contributed by atoms with Gasteiger partial charge >= 0.3 is 0 Å². The van der Waals surface area contributed by atoms with Crippen molar-refractivity contribution in [3.8, 4) is 0 Å². The molecule has 0 fully saturated rings. The number of amides is 1. The molecule has 1 aromatic heterocycles. The maximum absolute atomic E-state index is 12.3. The molecule has 0 radical (unpaired) electrons. The van der Waals surface area contributed by atoms with Crippen LogP contribution in [0.3, 0.4) is 0 Å². The maximum Gasteiger partial charge on any atom is 0.283 e. The molecule has 1 aromatic carbocycles. The Kier molecular flexibility index (Phi) is 4.94. The van der Waals surface area contributed by atoms with Crippen LogP contribution in [0.15, 0.2) is 66.5 Å². The lowest BCUT2D eigenvalue weighted by Gasteiger charge is -2.19. The van der Waals surface area contributed by atoms with Crippen LogP contribution in [0.2, 0.25) is 5.02 Å². The van der Waals surface area contributed by atoms with E-state index in [1.54, 1.807) is 6.07 Å². The van der Waals surface area contributed by atoms with Crippen molar-refractivity contribution in [1.29, 1.82) is 5.41 Å². The predicted molar refractivity (Wildman–Crippen MR) is 110 cm³/mol. The Morgan fingerprint density at radius 1 is 1.30 bits per heavy atom. The first-order valence-electron chi connectivity index (χ1n) is 8.06. The molecular formula is C18H13ClN4O2S2. The van der Waals surface area contributed by atoms with Crippen LogP contribution in [0.25, 0.3) is 6.08 Å². The zero-order chi connectivity index (χ0) is 19.0. The number of hydrogen-bond donors (Lipinski definition) is 1. The third-order valence-electron chi connectivity index (χ3n) is 3.72. The topological polar surface area (TPSA) is 82.0 Å². The number of carbonyl (C=O) groups excluding carboxylic acids is 1. The van der Waals surface area contributed by atoms with E-state index in [1.165, 1.54) is 34.6 Å². The summed E-state index contributed by atoms with van der Waals surface area (Å²) in [5.74, 6) is 0.0172. The van der Waals surface area contributed by atoms with Crippen LogP contribution in [0.4, 0.5) is 0 Å². The minimum absolute atomic E-state index is 0.00394. The number of furan rings is 1. The Morgan fingerprint density at radius 3 is 2.81 bits per heavy atom. The number of halogens is 1. The largest absolute Gasteiger partial charge is 0.450 e. The molecule has 3 heterocycles. The molecule has 0 aliphatic carbocycles. The summed E-state index contributed by atoms with van der Waals surface area (Å²) < 4.78 is 5.77. The lowest BCUT2D eigenvalue weighted by Crippen LogP contribution is -2.35. The van der Waals surface area contributed by atoms with Gasteiger partial charge in [-0.1, -0.05) is 30.3 Å². The second-order valence-corrected chi connectivity index (χ2v) is 8.13. The van der Waals surface area contributed by atoms with E-state index in [9.17, 15) is 4.79 Å². The normalized spacial score (nSPS) is 18.0. The number of benzene rings is 1. The Labute approximate surface area is 168 Å². The van der Waals surface area contributed by atoms with E-state index >= 15 is 0 Å². The molecule has 2 aromatic rings. The van der Waals surface area contributed by atoms with Gasteiger partial charge in [-0.25, -0.2) is 0 Å². The molecule has 0 saturated heterocycles. The molecule has 0 spiro atoms. The Bertz CT molecular complexity index is 1020. The highest BCUT2D eigenvalue weighted by Gasteiger charge is 2.35. The number of hydrazone groups is 1. The average Bonchev–Trinajstić information content (AvgIpc) is 3.27. The van der Waals surface area contributed by atoms with Gasteiger partial charge in [0.25, 0.3) is 5.91 Å². The number of carbonyl (C=O) groups is 1. The molecule has 4 rings (SSSR count). The second-order valence-electron chi connectivity index (χ2n) is 5.58. The fourth-order valence-electron chi connectivity index (χ4n) is 2.40. The lowest BCUT2D eigenvalue weighted by atomic mass is 10.1. The summed E-state index contributed by atoms with van der Waals surface area (Å²) >= 11 is 8.65. The summed E-state index contributed by atoms with van der Waals surface area (Å²) in [6.45, 7) is 1.97. The molecule has 6 nitrogen and oxygen atoms in total. The number of aliphatic imine (C=N–C) groups is 1. The van der Waals surface area contributed by atoms with Crippen LogP contribution < -0.4 is 0 Å². The third kappa shape index (κ3) is 3.73. The fraction of sp³-hybridized carbons (Fsp3) is 0.111. The van der Waals surface area contributed by atoms with Crippen molar-refractivity contribution < 1.29 is 9.21 Å². The maximum atomic E-state index is 12.3. The van der Waals surface area contributed by atoms with Crippen molar-refractivity contribution in [3.63, 3.8) is 0 Å². The van der Waals surface area contributed by atoms with E-state index < -0.39 is 5.91 Å². The summed E-state index contributed by atoms with van der Waals surface area (Å²) in [4.78, 5) is 17.4. The number of fused-ring (bicyclic) bond motifs is 1. The first kappa shape index (κ1) is 18.1. The molecule has 136 valence electrons. The molecule has 0 unspecified atom stereocenters. The molecule has 1 amide bonds. The third-order valence-corrected chi connectivity index (χ3v) is 5.95. The highest BCUT2D eigenvalue weighted by Crippen LogP contribution is 2.32. The molecule has 0 saturated carbocycles. The van der Waals surface area contributed by atoms with Crippen molar-refractivity contribution in [2.75, 3.05) is 0 Å². The monoisotopic (exact) mass is 416 g/mol. The van der Waals surface area contributed by atoms with Crippen LogP contribution in [0.5, 0.6) is 0 Å². The highest BCUT2D eigenvalue weighted by molar-refractivity contribution is 8.26. The van der Waals surface area contributed by atoms with Crippen LogP contribution in [0.1, 0.15) is 19.1 Å². The van der Waals surface area contributed by atoms with E-state index in [-0.39, 0.29) is 11.4 Å². The Balaban J connectivity index is 1.56. The minimum atomic E-state index is -0.463. The Hall–Kier alpha value is -2.29. The van der Waals surface area contributed by atoms with E-state index in [1.807, 2.05) is 37.3 Å². The highest BCUT2D eigenvalue weighted by atomic mass is 35.5. The van der Waals surface area contributed by atoms with E-state index in [0.29, 0.717) is 21.0 Å². The van der Waals surface area contributed by atoms with Gasteiger partial charge in [0.15, 0.2) is 10.9 Å². The smallest absolute Gasteiger partial charge is 0.283 e. The number of hydrogen-bond acceptors (Lipinski definition) is 6. The lowest BCUT2D eigenvalue weighted by molar-refractivity contribution is -0.114. The summed E-state index contributed by atoms with van der Waals surface area (Å²) in [5, 5.41) is 16.6. The number of amidine groups is 2. The molecule has 27 heavy (non-hydrogen) atoms. The van der Waals surface area contributed by atoms with Crippen molar-refractivity contribution in [1.82, 2.24) is 5.01 Å².